The van der Waals surface area contributed by atoms with Crippen molar-refractivity contribution in [1.82, 2.24) is 9.13 Å². The van der Waals surface area contributed by atoms with E-state index in [1.807, 2.05) is 0 Å². The average molecular weight is 1100 g/mol. The predicted octanol–water partition coefficient (Wildman–Crippen LogP) is 19.4. The Morgan fingerprint density at radius 3 is 1.12 bits per heavy atom. The number of alkyl halides is 15. The molecule has 9 aromatic carbocycles. The molecular formula is C61H29F15N4. The Bertz CT molecular complexity index is 4370. The summed E-state index contributed by atoms with van der Waals surface area (Å²) in [5.41, 5.74) is -6.36. The summed E-state index contributed by atoms with van der Waals surface area (Å²) in [6, 6.07) is 39.8. The van der Waals surface area contributed by atoms with Gasteiger partial charge >= 0.3 is 30.9 Å². The van der Waals surface area contributed by atoms with Gasteiger partial charge in [-0.25, -0.2) is 0 Å². The lowest BCUT2D eigenvalue weighted by molar-refractivity contribution is -0.144. The molecule has 4 nitrogen and oxygen atoms in total. The van der Waals surface area contributed by atoms with Gasteiger partial charge in [0.05, 0.1) is 84.5 Å². The second kappa shape index (κ2) is 18.6. The quantitative estimate of drug-likeness (QED) is 0.156. The zero-order valence-corrected chi connectivity index (χ0v) is 40.2. The number of benzene rings is 9. The number of hydrogen-bond donors (Lipinski definition) is 0. The molecule has 2 aromatic heterocycles. The molecule has 0 atom stereocenters. The van der Waals surface area contributed by atoms with Crippen molar-refractivity contribution in [3.8, 4) is 68.0 Å². The van der Waals surface area contributed by atoms with Gasteiger partial charge in [-0.2, -0.15) is 76.4 Å². The monoisotopic (exact) mass is 1100 g/mol. The second-order valence-corrected chi connectivity index (χ2v) is 18.7. The molecule has 0 aliphatic heterocycles. The summed E-state index contributed by atoms with van der Waals surface area (Å²) in [7, 11) is 0. The molecule has 0 saturated heterocycles. The fraction of sp³-hybridized carbons (Fsp3) is 0.0820. The van der Waals surface area contributed by atoms with Crippen LogP contribution in [0.1, 0.15) is 38.9 Å². The number of fused-ring (bicyclic) bond motifs is 6. The lowest BCUT2D eigenvalue weighted by Gasteiger charge is -2.21. The van der Waals surface area contributed by atoms with Crippen molar-refractivity contribution in [3.05, 3.63) is 215 Å². The minimum Gasteiger partial charge on any atom is -0.309 e. The Balaban J connectivity index is 1.20. The molecule has 19 heteroatoms. The maximum absolute atomic E-state index is 15.0. The van der Waals surface area contributed by atoms with Gasteiger partial charge in [-0.15, -0.1) is 0 Å². The second-order valence-electron chi connectivity index (χ2n) is 18.7. The Hall–Kier alpha value is -9.49. The highest BCUT2D eigenvalue weighted by Crippen LogP contribution is 2.47. The van der Waals surface area contributed by atoms with E-state index in [0.29, 0.717) is 73.9 Å². The summed E-state index contributed by atoms with van der Waals surface area (Å²) in [5, 5.41) is 21.6. The smallest absolute Gasteiger partial charge is 0.309 e. The van der Waals surface area contributed by atoms with Gasteiger partial charge < -0.3 is 9.13 Å². The summed E-state index contributed by atoms with van der Waals surface area (Å²) in [5.74, 6) is 0. The van der Waals surface area contributed by atoms with E-state index in [2.05, 4.69) is 6.07 Å². The largest absolute Gasteiger partial charge is 0.417 e. The molecule has 398 valence electrons. The van der Waals surface area contributed by atoms with E-state index < -0.39 is 69.8 Å². The number of nitrogens with zero attached hydrogens (tertiary/aromatic N) is 4. The highest BCUT2D eigenvalue weighted by molar-refractivity contribution is 6.13. The van der Waals surface area contributed by atoms with Crippen LogP contribution in [0.5, 0.6) is 0 Å². The van der Waals surface area contributed by atoms with Gasteiger partial charge in [0.15, 0.2) is 0 Å². The Kier molecular flexibility index (Phi) is 12.2. The molecule has 2 heterocycles. The fourth-order valence-electron chi connectivity index (χ4n) is 10.3. The molecule has 11 rings (SSSR count). The molecule has 0 aliphatic rings. The van der Waals surface area contributed by atoms with Crippen LogP contribution in [0.25, 0.3) is 99.5 Å². The van der Waals surface area contributed by atoms with Gasteiger partial charge in [-0.05, 0) is 143 Å². The van der Waals surface area contributed by atoms with Crippen molar-refractivity contribution in [2.24, 2.45) is 0 Å². The Labute approximate surface area is 441 Å². The van der Waals surface area contributed by atoms with Gasteiger partial charge in [-0.3, -0.25) is 0 Å². The first kappa shape index (κ1) is 52.6. The van der Waals surface area contributed by atoms with Gasteiger partial charge in [-0.1, -0.05) is 66.7 Å². The number of hydrogen-bond acceptors (Lipinski definition) is 2. The average Bonchev–Trinajstić information content (AvgIpc) is 4.16. The van der Waals surface area contributed by atoms with E-state index in [9.17, 15) is 76.4 Å². The van der Waals surface area contributed by atoms with Gasteiger partial charge in [0.1, 0.15) is 0 Å². The number of nitriles is 2. The fourth-order valence-corrected chi connectivity index (χ4v) is 10.3. The minimum absolute atomic E-state index is 0.0133. The van der Waals surface area contributed by atoms with Crippen LogP contribution in [-0.2, 0) is 30.9 Å². The van der Waals surface area contributed by atoms with E-state index in [0.717, 1.165) is 6.07 Å². The summed E-state index contributed by atoms with van der Waals surface area (Å²) in [6.07, 6.45) is -25.6. The Morgan fingerprint density at radius 2 is 0.688 bits per heavy atom. The third kappa shape index (κ3) is 9.27. The molecule has 0 bridgehead atoms. The van der Waals surface area contributed by atoms with E-state index in [1.54, 1.807) is 63.7 Å². The standard InChI is InChI=1S/C61H29F15N4/c62-57(63,64)39-21-37(22-40(28-39)58(65,66)67)34-11-16-53-47(25-34)44-5-1-3-7-51(44)79(53)54-18-13-36(43-14-9-32(30-77)19-50(43)61(74,75)76)27-49(54)46-15-10-33(31-78)20-56(46)80-52-8-4-2-6-45(52)48-26-35(12-17-55(48)80)38-23-41(59(68,69)70)29-42(24-38)60(71,72)73/h1-29H. The molecule has 11 aromatic rings. The molecule has 0 radical (unpaired) electrons. The van der Waals surface area contributed by atoms with Crippen molar-refractivity contribution in [2.45, 2.75) is 30.9 Å². The molecule has 0 spiro atoms. The molecule has 0 fully saturated rings. The minimum atomic E-state index is -5.15. The molecule has 0 amide bonds. The van der Waals surface area contributed by atoms with Gasteiger partial charge in [0.25, 0.3) is 0 Å². The Morgan fingerprint density at radius 1 is 0.287 bits per heavy atom. The van der Waals surface area contributed by atoms with Crippen molar-refractivity contribution in [3.63, 3.8) is 0 Å². The van der Waals surface area contributed by atoms with E-state index in [1.165, 1.54) is 78.9 Å². The van der Waals surface area contributed by atoms with E-state index in [-0.39, 0.29) is 68.0 Å². The van der Waals surface area contributed by atoms with Crippen LogP contribution in [0.15, 0.2) is 176 Å². The summed E-state index contributed by atoms with van der Waals surface area (Å²) in [4.78, 5) is 0. The van der Waals surface area contributed by atoms with Crippen LogP contribution in [-0.4, -0.2) is 9.13 Å². The number of aromatic nitrogens is 2. The molecule has 0 aliphatic carbocycles. The number of para-hydroxylation sites is 2. The predicted molar refractivity (Wildman–Crippen MR) is 271 cm³/mol. The van der Waals surface area contributed by atoms with Crippen molar-refractivity contribution >= 4 is 43.6 Å². The first-order valence-electron chi connectivity index (χ1n) is 23.7. The first-order chi connectivity index (χ1) is 37.7. The molecule has 80 heavy (non-hydrogen) atoms. The van der Waals surface area contributed by atoms with Crippen LogP contribution in [0.4, 0.5) is 65.9 Å². The summed E-state index contributed by atoms with van der Waals surface area (Å²) >= 11 is 0. The van der Waals surface area contributed by atoms with Crippen LogP contribution in [0.2, 0.25) is 0 Å². The number of halogens is 15. The molecule has 0 unspecified atom stereocenters. The summed E-state index contributed by atoms with van der Waals surface area (Å²) in [6.45, 7) is 0. The van der Waals surface area contributed by atoms with E-state index >= 15 is 0 Å². The van der Waals surface area contributed by atoms with Gasteiger partial charge in [0.2, 0.25) is 0 Å². The van der Waals surface area contributed by atoms with Crippen LogP contribution < -0.4 is 0 Å². The van der Waals surface area contributed by atoms with Crippen LogP contribution in [0, 0.1) is 22.7 Å². The molecule has 0 N–H and O–H groups in total. The maximum Gasteiger partial charge on any atom is 0.417 e. The molecular weight excluding hydrogens is 1070 g/mol. The first-order valence-corrected chi connectivity index (χ1v) is 23.7. The van der Waals surface area contributed by atoms with Crippen LogP contribution >= 0.6 is 0 Å². The third-order valence-electron chi connectivity index (χ3n) is 13.8. The van der Waals surface area contributed by atoms with Crippen LogP contribution in [0.3, 0.4) is 0 Å². The highest BCUT2D eigenvalue weighted by atomic mass is 19.4. The maximum atomic E-state index is 15.0. The lowest BCUT2D eigenvalue weighted by Crippen LogP contribution is -2.11. The third-order valence-corrected chi connectivity index (χ3v) is 13.8. The van der Waals surface area contributed by atoms with Crippen molar-refractivity contribution in [1.29, 1.82) is 10.5 Å². The van der Waals surface area contributed by atoms with Gasteiger partial charge in [0, 0.05) is 32.7 Å². The molecule has 0 saturated carbocycles. The highest BCUT2D eigenvalue weighted by Gasteiger charge is 2.39. The van der Waals surface area contributed by atoms with E-state index in [4.69, 9.17) is 0 Å². The van der Waals surface area contributed by atoms with Crippen molar-refractivity contribution in [2.75, 3.05) is 0 Å². The summed E-state index contributed by atoms with van der Waals surface area (Å²) < 4.78 is 217. The zero-order valence-electron chi connectivity index (χ0n) is 40.2. The zero-order chi connectivity index (χ0) is 57.0. The lowest BCUT2D eigenvalue weighted by atomic mass is 9.92. The SMILES string of the molecule is N#Cc1ccc(-c2cc(-c3ccc(C#N)cc3C(F)(F)F)ccc2-n2c3ccccc3c3cc(-c4cc(C(F)(F)F)cc(C(F)(F)F)c4)ccc32)c(-n2c3ccccc3c3cc(-c4cc(C(F)(F)F)cc(C(F)(F)F)c4)ccc32)c1. The topological polar surface area (TPSA) is 57.4 Å². The normalized spacial score (nSPS) is 12.7. The number of rotatable bonds is 6. The van der Waals surface area contributed by atoms with Crippen molar-refractivity contribution < 1.29 is 65.9 Å².